The molecule has 0 saturated heterocycles. The SMILES string of the molecule is CCC(OC1CCC(C(C)(C)CC)CC1C(C)(C)CC)C(=O)NC. The van der Waals surface area contributed by atoms with Crippen LogP contribution in [-0.2, 0) is 9.53 Å². The van der Waals surface area contributed by atoms with Crippen molar-refractivity contribution < 1.29 is 9.53 Å². The molecule has 4 atom stereocenters. The van der Waals surface area contributed by atoms with Gasteiger partial charge in [0, 0.05) is 7.05 Å². The van der Waals surface area contributed by atoms with E-state index in [1.807, 2.05) is 6.92 Å². The standard InChI is InChI=1S/C21H41NO2/c1-9-17(19(23)22-8)24-18-13-12-15(20(4,5)10-2)14-16(18)21(6,7)11-3/h15-18H,9-14H2,1-8H3,(H,22,23). The summed E-state index contributed by atoms with van der Waals surface area (Å²) in [6.45, 7) is 16.2. The second-order valence-corrected chi connectivity index (χ2v) is 8.99. The summed E-state index contributed by atoms with van der Waals surface area (Å²) in [5, 5.41) is 2.75. The molecule has 0 aliphatic heterocycles. The Morgan fingerprint density at radius 3 is 2.12 bits per heavy atom. The lowest BCUT2D eigenvalue weighted by atomic mass is 9.60. The molecule has 0 aromatic heterocycles. The van der Waals surface area contributed by atoms with Crippen LogP contribution in [-0.4, -0.2) is 25.2 Å². The highest BCUT2D eigenvalue weighted by atomic mass is 16.5. The maximum Gasteiger partial charge on any atom is 0.248 e. The van der Waals surface area contributed by atoms with Crippen LogP contribution in [0.1, 0.15) is 87.0 Å². The van der Waals surface area contributed by atoms with Crippen LogP contribution in [0.4, 0.5) is 0 Å². The number of nitrogens with one attached hydrogen (secondary N) is 1. The third-order valence-electron chi connectivity index (χ3n) is 6.97. The predicted octanol–water partition coefficient (Wildman–Crippen LogP) is 5.18. The van der Waals surface area contributed by atoms with E-state index >= 15 is 0 Å². The first-order valence-corrected chi connectivity index (χ1v) is 9.99. The van der Waals surface area contributed by atoms with E-state index in [4.69, 9.17) is 4.74 Å². The summed E-state index contributed by atoms with van der Waals surface area (Å²) < 4.78 is 6.38. The Bertz CT molecular complexity index is 403. The molecule has 0 aromatic rings. The van der Waals surface area contributed by atoms with E-state index in [9.17, 15) is 4.79 Å². The summed E-state index contributed by atoms with van der Waals surface area (Å²) in [7, 11) is 1.70. The average Bonchev–Trinajstić information content (AvgIpc) is 2.58. The van der Waals surface area contributed by atoms with Crippen molar-refractivity contribution in [1.82, 2.24) is 5.32 Å². The average molecular weight is 340 g/mol. The van der Waals surface area contributed by atoms with Crippen molar-refractivity contribution in [3.05, 3.63) is 0 Å². The van der Waals surface area contributed by atoms with Crippen LogP contribution in [0.25, 0.3) is 0 Å². The Labute approximate surface area is 150 Å². The van der Waals surface area contributed by atoms with Crippen LogP contribution in [0.15, 0.2) is 0 Å². The van der Waals surface area contributed by atoms with E-state index in [0.29, 0.717) is 11.3 Å². The van der Waals surface area contributed by atoms with Gasteiger partial charge < -0.3 is 10.1 Å². The van der Waals surface area contributed by atoms with Crippen molar-refractivity contribution in [3.8, 4) is 0 Å². The minimum Gasteiger partial charge on any atom is -0.365 e. The molecule has 24 heavy (non-hydrogen) atoms. The van der Waals surface area contributed by atoms with E-state index in [1.54, 1.807) is 7.05 Å². The molecule has 1 amide bonds. The van der Waals surface area contributed by atoms with Crippen LogP contribution < -0.4 is 5.32 Å². The highest BCUT2D eigenvalue weighted by molar-refractivity contribution is 5.80. The molecule has 3 heteroatoms. The zero-order valence-corrected chi connectivity index (χ0v) is 17.4. The van der Waals surface area contributed by atoms with Gasteiger partial charge in [-0.1, -0.05) is 61.3 Å². The second kappa shape index (κ2) is 8.69. The van der Waals surface area contributed by atoms with E-state index in [2.05, 4.69) is 46.9 Å². The lowest BCUT2D eigenvalue weighted by Crippen LogP contribution is -2.46. The van der Waals surface area contributed by atoms with Crippen LogP contribution >= 0.6 is 0 Å². The Morgan fingerprint density at radius 1 is 1.08 bits per heavy atom. The molecule has 1 saturated carbocycles. The van der Waals surface area contributed by atoms with E-state index < -0.39 is 0 Å². The fraction of sp³-hybridized carbons (Fsp3) is 0.952. The number of carbonyl (C=O) groups is 1. The summed E-state index contributed by atoms with van der Waals surface area (Å²) in [6.07, 6.45) is 6.50. The summed E-state index contributed by atoms with van der Waals surface area (Å²) in [5.41, 5.74) is 0.631. The number of ether oxygens (including phenoxy) is 1. The van der Waals surface area contributed by atoms with E-state index in [0.717, 1.165) is 25.2 Å². The maximum absolute atomic E-state index is 12.1. The third kappa shape index (κ3) is 4.97. The van der Waals surface area contributed by atoms with Crippen molar-refractivity contribution in [2.24, 2.45) is 22.7 Å². The Morgan fingerprint density at radius 2 is 1.67 bits per heavy atom. The zero-order chi connectivity index (χ0) is 18.5. The summed E-state index contributed by atoms with van der Waals surface area (Å²) in [5.74, 6) is 1.28. The van der Waals surface area contributed by atoms with Gasteiger partial charge in [-0.2, -0.15) is 0 Å². The summed E-state index contributed by atoms with van der Waals surface area (Å²) in [6, 6.07) is 0. The monoisotopic (exact) mass is 339 g/mol. The van der Waals surface area contributed by atoms with Gasteiger partial charge in [-0.05, 0) is 48.3 Å². The molecular weight excluding hydrogens is 298 g/mol. The summed E-state index contributed by atoms with van der Waals surface area (Å²) >= 11 is 0. The first kappa shape index (κ1) is 21.5. The van der Waals surface area contributed by atoms with Gasteiger partial charge in [-0.3, -0.25) is 4.79 Å². The number of hydrogen-bond acceptors (Lipinski definition) is 2. The predicted molar refractivity (Wildman–Crippen MR) is 102 cm³/mol. The number of hydrogen-bond donors (Lipinski definition) is 1. The minimum absolute atomic E-state index is 0.0153. The lowest BCUT2D eigenvalue weighted by Gasteiger charge is -2.49. The van der Waals surface area contributed by atoms with Crippen LogP contribution in [0.5, 0.6) is 0 Å². The van der Waals surface area contributed by atoms with Crippen LogP contribution in [0.3, 0.4) is 0 Å². The fourth-order valence-corrected chi connectivity index (χ4v) is 4.10. The molecule has 1 fully saturated rings. The smallest absolute Gasteiger partial charge is 0.248 e. The molecule has 0 heterocycles. The molecule has 4 unspecified atom stereocenters. The molecular formula is C21H41NO2. The van der Waals surface area contributed by atoms with Gasteiger partial charge in [0.05, 0.1) is 6.10 Å². The first-order chi connectivity index (χ1) is 11.1. The largest absolute Gasteiger partial charge is 0.365 e. The van der Waals surface area contributed by atoms with Crippen molar-refractivity contribution in [2.45, 2.75) is 99.2 Å². The molecule has 0 bridgehead atoms. The normalized spacial score (nSPS) is 26.9. The Kier molecular flexibility index (Phi) is 7.77. The van der Waals surface area contributed by atoms with E-state index in [1.165, 1.54) is 19.3 Å². The highest BCUT2D eigenvalue weighted by Crippen LogP contribution is 2.49. The molecule has 1 rings (SSSR count). The van der Waals surface area contributed by atoms with Crippen molar-refractivity contribution in [3.63, 3.8) is 0 Å². The summed E-state index contributed by atoms with van der Waals surface area (Å²) in [4.78, 5) is 12.1. The molecule has 1 N–H and O–H groups in total. The van der Waals surface area contributed by atoms with Gasteiger partial charge in [-0.25, -0.2) is 0 Å². The second-order valence-electron chi connectivity index (χ2n) is 8.99. The van der Waals surface area contributed by atoms with Gasteiger partial charge in [0.15, 0.2) is 0 Å². The van der Waals surface area contributed by atoms with E-state index in [-0.39, 0.29) is 23.5 Å². The van der Waals surface area contributed by atoms with Crippen LogP contribution in [0, 0.1) is 22.7 Å². The number of rotatable bonds is 8. The number of likely N-dealkylation sites (N-methyl/N-ethyl adjacent to an activating group) is 1. The van der Waals surface area contributed by atoms with Crippen molar-refractivity contribution in [1.29, 1.82) is 0 Å². The molecule has 0 radical (unpaired) electrons. The molecule has 142 valence electrons. The Hall–Kier alpha value is -0.570. The van der Waals surface area contributed by atoms with Gasteiger partial charge in [-0.15, -0.1) is 0 Å². The molecule has 1 aliphatic carbocycles. The topological polar surface area (TPSA) is 38.3 Å². The van der Waals surface area contributed by atoms with Gasteiger partial charge in [0.1, 0.15) is 6.10 Å². The van der Waals surface area contributed by atoms with Gasteiger partial charge >= 0.3 is 0 Å². The Balaban J connectivity index is 2.97. The third-order valence-corrected chi connectivity index (χ3v) is 6.97. The van der Waals surface area contributed by atoms with Crippen molar-refractivity contribution in [2.75, 3.05) is 7.05 Å². The fourth-order valence-electron chi connectivity index (χ4n) is 4.10. The number of carbonyl (C=O) groups excluding carboxylic acids is 1. The molecule has 1 aliphatic rings. The first-order valence-electron chi connectivity index (χ1n) is 9.99. The van der Waals surface area contributed by atoms with Crippen molar-refractivity contribution >= 4 is 5.91 Å². The number of amides is 1. The lowest BCUT2D eigenvalue weighted by molar-refractivity contribution is -0.148. The molecule has 3 nitrogen and oxygen atoms in total. The zero-order valence-electron chi connectivity index (χ0n) is 17.4. The minimum atomic E-state index is -0.314. The quantitative estimate of drug-likeness (QED) is 0.661. The maximum atomic E-state index is 12.1. The molecule has 0 aromatic carbocycles. The van der Waals surface area contributed by atoms with Crippen LogP contribution in [0.2, 0.25) is 0 Å². The highest BCUT2D eigenvalue weighted by Gasteiger charge is 2.44. The van der Waals surface area contributed by atoms with Gasteiger partial charge in [0.2, 0.25) is 5.91 Å². The molecule has 0 spiro atoms. The van der Waals surface area contributed by atoms with Gasteiger partial charge in [0.25, 0.3) is 0 Å².